The molecular weight excluding hydrogens is 372 g/mol. The van der Waals surface area contributed by atoms with Gasteiger partial charge in [0.25, 0.3) is 0 Å². The molecule has 0 radical (unpaired) electrons. The lowest BCUT2D eigenvalue weighted by atomic mass is 10.0. The molecule has 7 nitrogen and oxygen atoms in total. The fourth-order valence-corrected chi connectivity index (χ4v) is 3.11. The number of hydrogen-bond donors (Lipinski definition) is 1. The maximum Gasteiger partial charge on any atom is 0.306 e. The number of benzene rings is 2. The first-order chi connectivity index (χ1) is 13.3. The zero-order chi connectivity index (χ0) is 20.4. The third-order valence-electron chi connectivity index (χ3n) is 4.66. The van der Waals surface area contributed by atoms with Crippen LogP contribution in [0.3, 0.4) is 0 Å². The maximum absolute atomic E-state index is 13.5. The van der Waals surface area contributed by atoms with Gasteiger partial charge in [-0.1, -0.05) is 12.1 Å². The molecule has 28 heavy (non-hydrogen) atoms. The monoisotopic (exact) mass is 389 g/mol. The number of nitro groups is 1. The second kappa shape index (κ2) is 7.71. The lowest BCUT2D eigenvalue weighted by Gasteiger charge is -2.19. The third kappa shape index (κ3) is 3.98. The minimum atomic E-state index is -0.997. The highest BCUT2D eigenvalue weighted by atomic mass is 19.1. The van der Waals surface area contributed by atoms with Crippen molar-refractivity contribution < 1.29 is 23.3 Å². The number of rotatable bonds is 5. The zero-order valence-corrected chi connectivity index (χ0v) is 14.9. The molecule has 0 bridgehead atoms. The van der Waals surface area contributed by atoms with Gasteiger partial charge in [0.1, 0.15) is 5.82 Å². The summed E-state index contributed by atoms with van der Waals surface area (Å²) in [6.45, 7) is 1.77. The van der Waals surface area contributed by atoms with Crippen molar-refractivity contribution in [3.63, 3.8) is 0 Å². The molecule has 1 fully saturated rings. The van der Waals surface area contributed by atoms with Gasteiger partial charge in [-0.3, -0.25) is 19.7 Å². The van der Waals surface area contributed by atoms with Crippen LogP contribution in [0.1, 0.15) is 24.9 Å². The summed E-state index contributed by atoms with van der Waals surface area (Å²) < 4.78 is 26.5. The van der Waals surface area contributed by atoms with Crippen LogP contribution in [-0.4, -0.2) is 23.3 Å². The van der Waals surface area contributed by atoms with E-state index in [1.807, 2.05) is 0 Å². The average molecular weight is 389 g/mol. The molecule has 3 rings (SSSR count). The summed E-state index contributed by atoms with van der Waals surface area (Å²) in [6, 6.07) is 8.49. The van der Waals surface area contributed by atoms with Crippen LogP contribution < -0.4 is 10.2 Å². The highest BCUT2D eigenvalue weighted by molar-refractivity contribution is 6.00. The van der Waals surface area contributed by atoms with E-state index in [9.17, 15) is 28.5 Å². The van der Waals surface area contributed by atoms with Crippen LogP contribution in [0.4, 0.5) is 20.2 Å². The van der Waals surface area contributed by atoms with Crippen molar-refractivity contribution in [3.8, 4) is 0 Å². The van der Waals surface area contributed by atoms with E-state index in [1.54, 1.807) is 19.1 Å². The predicted molar refractivity (Wildman–Crippen MR) is 96.5 cm³/mol. The molecule has 2 aromatic carbocycles. The van der Waals surface area contributed by atoms with E-state index in [0.29, 0.717) is 5.56 Å². The average Bonchev–Trinajstić information content (AvgIpc) is 3.04. The minimum Gasteiger partial charge on any atom is -0.349 e. The number of amides is 2. The summed E-state index contributed by atoms with van der Waals surface area (Å²) in [4.78, 5) is 36.1. The maximum atomic E-state index is 13.5. The molecule has 1 aliphatic rings. The van der Waals surface area contributed by atoms with Crippen molar-refractivity contribution >= 4 is 23.2 Å². The second-order valence-electron chi connectivity index (χ2n) is 6.58. The molecule has 0 saturated carbocycles. The molecular formula is C19H17F2N3O4. The first kappa shape index (κ1) is 19.4. The number of nitrogens with one attached hydrogen (secondary N) is 1. The predicted octanol–water partition coefficient (Wildman–Crippen LogP) is 3.10. The van der Waals surface area contributed by atoms with Gasteiger partial charge in [0, 0.05) is 19.0 Å². The van der Waals surface area contributed by atoms with E-state index in [4.69, 9.17) is 0 Å². The molecule has 0 aromatic heterocycles. The Hall–Kier alpha value is -3.36. The highest BCUT2D eigenvalue weighted by Gasteiger charge is 2.36. The summed E-state index contributed by atoms with van der Waals surface area (Å²) in [5.41, 5.74) is 0.146. The topological polar surface area (TPSA) is 92.6 Å². The van der Waals surface area contributed by atoms with E-state index in [1.165, 1.54) is 23.1 Å². The number of hydrogen-bond acceptors (Lipinski definition) is 4. The standard InChI is InChI=1S/C19H17F2N3O4/c1-11(12-2-4-14(20)5-3-12)22-19(26)13-8-18(25)23(10-13)15-6-7-16(21)17(9-15)24(27)28/h2-7,9,11,13H,8,10H2,1H3,(H,22,26). The van der Waals surface area contributed by atoms with Crippen LogP contribution in [-0.2, 0) is 9.59 Å². The van der Waals surface area contributed by atoms with Crippen LogP contribution >= 0.6 is 0 Å². The number of carbonyl (C=O) groups is 2. The number of anilines is 1. The minimum absolute atomic E-state index is 0.0313. The van der Waals surface area contributed by atoms with Crippen LogP contribution in [0, 0.1) is 27.7 Å². The van der Waals surface area contributed by atoms with Crippen molar-refractivity contribution in [2.45, 2.75) is 19.4 Å². The van der Waals surface area contributed by atoms with Gasteiger partial charge >= 0.3 is 5.69 Å². The SMILES string of the molecule is CC(NC(=O)C1CC(=O)N(c2ccc(F)c([N+](=O)[O-])c2)C1)c1ccc(F)cc1. The smallest absolute Gasteiger partial charge is 0.306 e. The Morgan fingerprint density at radius 2 is 1.93 bits per heavy atom. The van der Waals surface area contributed by atoms with E-state index < -0.39 is 22.3 Å². The second-order valence-corrected chi connectivity index (χ2v) is 6.58. The molecule has 2 aromatic rings. The lowest BCUT2D eigenvalue weighted by molar-refractivity contribution is -0.387. The van der Waals surface area contributed by atoms with Gasteiger partial charge in [0.15, 0.2) is 0 Å². The summed E-state index contributed by atoms with van der Waals surface area (Å²) >= 11 is 0. The molecule has 2 amide bonds. The van der Waals surface area contributed by atoms with Gasteiger partial charge in [0.05, 0.1) is 22.6 Å². The Morgan fingerprint density at radius 3 is 2.57 bits per heavy atom. The molecule has 146 valence electrons. The first-order valence-electron chi connectivity index (χ1n) is 8.56. The molecule has 9 heteroatoms. The quantitative estimate of drug-likeness (QED) is 0.628. The molecule has 1 aliphatic heterocycles. The highest BCUT2D eigenvalue weighted by Crippen LogP contribution is 2.30. The summed E-state index contributed by atoms with van der Waals surface area (Å²) in [6.07, 6.45) is -0.0624. The lowest BCUT2D eigenvalue weighted by Crippen LogP contribution is -2.34. The Labute approximate surface area is 159 Å². The summed E-state index contributed by atoms with van der Waals surface area (Å²) in [5, 5.41) is 13.7. The fraction of sp³-hybridized carbons (Fsp3) is 0.263. The molecule has 2 atom stereocenters. The molecule has 1 heterocycles. The van der Waals surface area contributed by atoms with Gasteiger partial charge in [-0.15, -0.1) is 0 Å². The van der Waals surface area contributed by atoms with Crippen LogP contribution in [0.2, 0.25) is 0 Å². The van der Waals surface area contributed by atoms with E-state index in [0.717, 1.165) is 12.1 Å². The van der Waals surface area contributed by atoms with Gasteiger partial charge in [-0.25, -0.2) is 4.39 Å². The molecule has 0 spiro atoms. The van der Waals surface area contributed by atoms with Gasteiger partial charge in [-0.05, 0) is 36.8 Å². The largest absolute Gasteiger partial charge is 0.349 e. The van der Waals surface area contributed by atoms with Crippen molar-refractivity contribution in [1.29, 1.82) is 0 Å². The Balaban J connectivity index is 1.70. The first-order valence-corrected chi connectivity index (χ1v) is 8.56. The van der Waals surface area contributed by atoms with Crippen LogP contribution in [0.25, 0.3) is 0 Å². The number of nitro benzene ring substituents is 1. The van der Waals surface area contributed by atoms with E-state index in [-0.39, 0.29) is 42.3 Å². The fourth-order valence-electron chi connectivity index (χ4n) is 3.11. The number of halogens is 2. The molecule has 1 saturated heterocycles. The molecule has 2 unspecified atom stereocenters. The van der Waals surface area contributed by atoms with E-state index in [2.05, 4.69) is 5.32 Å². The molecule has 0 aliphatic carbocycles. The number of carbonyl (C=O) groups excluding carboxylic acids is 2. The van der Waals surface area contributed by atoms with Crippen molar-refractivity contribution in [2.24, 2.45) is 5.92 Å². The summed E-state index contributed by atoms with van der Waals surface area (Å²) in [7, 11) is 0. The van der Waals surface area contributed by atoms with Crippen LogP contribution in [0.5, 0.6) is 0 Å². The Bertz CT molecular complexity index is 933. The van der Waals surface area contributed by atoms with Crippen LogP contribution in [0.15, 0.2) is 42.5 Å². The van der Waals surface area contributed by atoms with Crippen molar-refractivity contribution in [1.82, 2.24) is 5.32 Å². The Kier molecular flexibility index (Phi) is 5.34. The summed E-state index contributed by atoms with van der Waals surface area (Å²) in [5.74, 6) is -2.77. The van der Waals surface area contributed by atoms with Crippen molar-refractivity contribution in [2.75, 3.05) is 11.4 Å². The third-order valence-corrected chi connectivity index (χ3v) is 4.66. The number of nitrogens with zero attached hydrogens (tertiary/aromatic N) is 2. The normalized spacial score (nSPS) is 17.5. The zero-order valence-electron chi connectivity index (χ0n) is 14.9. The van der Waals surface area contributed by atoms with Gasteiger partial charge in [-0.2, -0.15) is 4.39 Å². The van der Waals surface area contributed by atoms with Crippen molar-refractivity contribution in [3.05, 3.63) is 69.8 Å². The van der Waals surface area contributed by atoms with Gasteiger partial charge < -0.3 is 10.2 Å². The molecule has 1 N–H and O–H groups in total. The van der Waals surface area contributed by atoms with E-state index >= 15 is 0 Å². The van der Waals surface area contributed by atoms with Gasteiger partial charge in [0.2, 0.25) is 17.6 Å². The Morgan fingerprint density at radius 1 is 1.25 bits per heavy atom.